The summed E-state index contributed by atoms with van der Waals surface area (Å²) in [5, 5.41) is 9.28. The summed E-state index contributed by atoms with van der Waals surface area (Å²) in [5.41, 5.74) is 1.13. The predicted molar refractivity (Wildman–Crippen MR) is 54.7 cm³/mol. The van der Waals surface area contributed by atoms with Crippen molar-refractivity contribution in [1.29, 1.82) is 0 Å². The second kappa shape index (κ2) is 3.76. The van der Waals surface area contributed by atoms with Gasteiger partial charge in [-0.1, -0.05) is 18.2 Å². The maximum absolute atomic E-state index is 9.28. The predicted octanol–water partition coefficient (Wildman–Crippen LogP) is 2.73. The van der Waals surface area contributed by atoms with Crippen LogP contribution in [0.5, 0.6) is 5.75 Å². The largest absolute Gasteiger partial charge is 0.507 e. The van der Waals surface area contributed by atoms with Gasteiger partial charge in [-0.05, 0) is 40.6 Å². The van der Waals surface area contributed by atoms with E-state index in [2.05, 4.69) is 29.2 Å². The highest BCUT2D eigenvalue weighted by atomic mass is 127. The van der Waals surface area contributed by atoms with Gasteiger partial charge in [-0.25, -0.2) is 0 Å². The molecule has 1 N–H and O–H groups in total. The average Bonchev–Trinajstić information content (AvgIpc) is 1.99. The van der Waals surface area contributed by atoms with Crippen molar-refractivity contribution in [3.8, 4) is 5.75 Å². The van der Waals surface area contributed by atoms with Crippen molar-refractivity contribution in [2.45, 2.75) is 6.42 Å². The van der Waals surface area contributed by atoms with E-state index in [0.29, 0.717) is 5.75 Å². The molecule has 0 aliphatic rings. The van der Waals surface area contributed by atoms with Crippen LogP contribution in [0.25, 0.3) is 0 Å². The molecule has 0 spiro atoms. The normalized spacial score (nSPS) is 9.55. The maximum Gasteiger partial charge on any atom is 0.129 e. The van der Waals surface area contributed by atoms with Gasteiger partial charge in [0.25, 0.3) is 0 Å². The standard InChI is InChI=1S/C9H9IO/c1-2-4-7-5-3-6-8(11)9(7)10/h2-3,5-6,11H,1,4H2. The Morgan fingerprint density at radius 1 is 1.55 bits per heavy atom. The molecule has 0 aromatic heterocycles. The molecule has 11 heavy (non-hydrogen) atoms. The van der Waals surface area contributed by atoms with Crippen molar-refractivity contribution in [3.63, 3.8) is 0 Å². The third-order valence-electron chi connectivity index (χ3n) is 1.42. The second-order valence-corrected chi connectivity index (χ2v) is 3.32. The van der Waals surface area contributed by atoms with Crippen LogP contribution in [0.4, 0.5) is 0 Å². The number of benzene rings is 1. The fourth-order valence-corrected chi connectivity index (χ4v) is 1.46. The zero-order chi connectivity index (χ0) is 8.27. The summed E-state index contributed by atoms with van der Waals surface area (Å²) in [6.07, 6.45) is 2.64. The number of phenolic OH excluding ortho intramolecular Hbond substituents is 1. The van der Waals surface area contributed by atoms with Crippen molar-refractivity contribution in [2.75, 3.05) is 0 Å². The van der Waals surface area contributed by atoms with Gasteiger partial charge in [0.2, 0.25) is 0 Å². The summed E-state index contributed by atoms with van der Waals surface area (Å²) >= 11 is 2.13. The summed E-state index contributed by atoms with van der Waals surface area (Å²) in [4.78, 5) is 0. The van der Waals surface area contributed by atoms with E-state index < -0.39 is 0 Å². The van der Waals surface area contributed by atoms with Crippen molar-refractivity contribution >= 4 is 22.6 Å². The van der Waals surface area contributed by atoms with Crippen LogP contribution < -0.4 is 0 Å². The lowest BCUT2D eigenvalue weighted by molar-refractivity contribution is 0.470. The molecule has 1 aromatic rings. The van der Waals surface area contributed by atoms with Crippen LogP contribution in [0.1, 0.15) is 5.56 Å². The Morgan fingerprint density at radius 2 is 2.27 bits per heavy atom. The quantitative estimate of drug-likeness (QED) is 0.640. The maximum atomic E-state index is 9.28. The van der Waals surface area contributed by atoms with Crippen LogP contribution in [0.2, 0.25) is 0 Å². The Kier molecular flexibility index (Phi) is 2.93. The van der Waals surface area contributed by atoms with E-state index in [4.69, 9.17) is 0 Å². The molecule has 0 bridgehead atoms. The van der Waals surface area contributed by atoms with Crippen LogP contribution in [-0.2, 0) is 6.42 Å². The molecule has 1 nitrogen and oxygen atoms in total. The van der Waals surface area contributed by atoms with Gasteiger partial charge < -0.3 is 5.11 Å². The van der Waals surface area contributed by atoms with E-state index >= 15 is 0 Å². The van der Waals surface area contributed by atoms with E-state index in [-0.39, 0.29) is 0 Å². The lowest BCUT2D eigenvalue weighted by Crippen LogP contribution is -1.85. The molecular weight excluding hydrogens is 251 g/mol. The van der Waals surface area contributed by atoms with E-state index in [1.54, 1.807) is 6.07 Å². The molecule has 0 amide bonds. The van der Waals surface area contributed by atoms with Crippen molar-refractivity contribution in [3.05, 3.63) is 40.0 Å². The monoisotopic (exact) mass is 260 g/mol. The average molecular weight is 260 g/mol. The topological polar surface area (TPSA) is 20.2 Å². The highest BCUT2D eigenvalue weighted by molar-refractivity contribution is 14.1. The van der Waals surface area contributed by atoms with E-state index in [1.165, 1.54) is 0 Å². The van der Waals surface area contributed by atoms with Crippen molar-refractivity contribution in [2.24, 2.45) is 0 Å². The van der Waals surface area contributed by atoms with Gasteiger partial charge in [-0.2, -0.15) is 0 Å². The number of aromatic hydroxyl groups is 1. The Bertz CT molecular complexity index is 268. The fourth-order valence-electron chi connectivity index (χ4n) is 0.879. The van der Waals surface area contributed by atoms with Crippen LogP contribution in [0.3, 0.4) is 0 Å². The van der Waals surface area contributed by atoms with Gasteiger partial charge in [-0.15, -0.1) is 6.58 Å². The fraction of sp³-hybridized carbons (Fsp3) is 0.111. The van der Waals surface area contributed by atoms with Gasteiger partial charge in [0.05, 0.1) is 3.57 Å². The summed E-state index contributed by atoms with van der Waals surface area (Å²) in [6, 6.07) is 5.52. The van der Waals surface area contributed by atoms with Gasteiger partial charge in [-0.3, -0.25) is 0 Å². The van der Waals surface area contributed by atoms with E-state index in [9.17, 15) is 5.11 Å². The summed E-state index contributed by atoms with van der Waals surface area (Å²) in [6.45, 7) is 3.64. The summed E-state index contributed by atoms with van der Waals surface area (Å²) < 4.78 is 0.921. The first-order chi connectivity index (χ1) is 5.25. The number of halogens is 1. The third-order valence-corrected chi connectivity index (χ3v) is 2.67. The zero-order valence-corrected chi connectivity index (χ0v) is 8.21. The molecular formula is C9H9IO. The van der Waals surface area contributed by atoms with Gasteiger partial charge in [0.15, 0.2) is 0 Å². The SMILES string of the molecule is C=CCc1cccc(O)c1I. The number of allylic oxidation sites excluding steroid dienone is 1. The highest BCUT2D eigenvalue weighted by Gasteiger charge is 2.00. The molecule has 0 fully saturated rings. The summed E-state index contributed by atoms with van der Waals surface area (Å²) in [5.74, 6) is 0.352. The van der Waals surface area contributed by atoms with Gasteiger partial charge >= 0.3 is 0 Å². The molecule has 0 unspecified atom stereocenters. The first-order valence-corrected chi connectivity index (χ1v) is 4.41. The lowest BCUT2D eigenvalue weighted by Gasteiger charge is -2.01. The minimum absolute atomic E-state index is 0.352. The number of phenols is 1. The first-order valence-electron chi connectivity index (χ1n) is 3.33. The minimum Gasteiger partial charge on any atom is -0.507 e. The van der Waals surface area contributed by atoms with Crippen LogP contribution >= 0.6 is 22.6 Å². The highest BCUT2D eigenvalue weighted by Crippen LogP contribution is 2.23. The summed E-state index contributed by atoms with van der Waals surface area (Å²) in [7, 11) is 0. The van der Waals surface area contributed by atoms with Crippen molar-refractivity contribution < 1.29 is 5.11 Å². The third kappa shape index (κ3) is 1.96. The van der Waals surface area contributed by atoms with Crippen LogP contribution in [-0.4, -0.2) is 5.11 Å². The van der Waals surface area contributed by atoms with Gasteiger partial charge in [0.1, 0.15) is 5.75 Å². The zero-order valence-electron chi connectivity index (χ0n) is 6.05. The molecule has 1 aromatic carbocycles. The molecule has 0 atom stereocenters. The van der Waals surface area contributed by atoms with E-state index in [0.717, 1.165) is 15.6 Å². The van der Waals surface area contributed by atoms with Gasteiger partial charge in [0, 0.05) is 0 Å². The molecule has 0 aliphatic carbocycles. The van der Waals surface area contributed by atoms with E-state index in [1.807, 2.05) is 18.2 Å². The molecule has 0 radical (unpaired) electrons. The molecule has 58 valence electrons. The van der Waals surface area contributed by atoms with Crippen LogP contribution in [0.15, 0.2) is 30.9 Å². The second-order valence-electron chi connectivity index (χ2n) is 2.24. The first kappa shape index (κ1) is 8.59. The van der Waals surface area contributed by atoms with Crippen LogP contribution in [0, 0.1) is 3.57 Å². The Balaban J connectivity index is 3.05. The molecule has 0 saturated heterocycles. The minimum atomic E-state index is 0.352. The number of hydrogen-bond donors (Lipinski definition) is 1. The molecule has 1 rings (SSSR count). The smallest absolute Gasteiger partial charge is 0.129 e. The Hall–Kier alpha value is -0.510. The Morgan fingerprint density at radius 3 is 2.91 bits per heavy atom. The molecule has 2 heteroatoms. The molecule has 0 aliphatic heterocycles. The molecule has 0 heterocycles. The Labute approximate surface area is 79.9 Å². The number of hydrogen-bond acceptors (Lipinski definition) is 1. The lowest BCUT2D eigenvalue weighted by atomic mass is 10.1. The van der Waals surface area contributed by atoms with Crippen molar-refractivity contribution in [1.82, 2.24) is 0 Å². The number of rotatable bonds is 2. The molecule has 0 saturated carbocycles.